The van der Waals surface area contributed by atoms with Gasteiger partial charge in [-0.15, -0.1) is 0 Å². The van der Waals surface area contributed by atoms with Crippen LogP contribution in [0.25, 0.3) is 0 Å². The fraction of sp³-hybridized carbons (Fsp3) is 0.444. The van der Waals surface area contributed by atoms with Crippen molar-refractivity contribution in [1.29, 1.82) is 0 Å². The first-order valence-electron chi connectivity index (χ1n) is 8.11. The molecule has 0 spiro atoms. The summed E-state index contributed by atoms with van der Waals surface area (Å²) in [5.74, 6) is -1.07. The first-order chi connectivity index (χ1) is 11.4. The summed E-state index contributed by atoms with van der Waals surface area (Å²) in [5, 5.41) is 0. The van der Waals surface area contributed by atoms with Crippen molar-refractivity contribution in [2.24, 2.45) is 0 Å². The summed E-state index contributed by atoms with van der Waals surface area (Å²) < 4.78 is 15.9. The van der Waals surface area contributed by atoms with Gasteiger partial charge in [-0.3, -0.25) is 0 Å². The smallest absolute Gasteiger partial charge is 0.339 e. The number of esters is 2. The van der Waals surface area contributed by atoms with Crippen LogP contribution in [0.3, 0.4) is 0 Å². The van der Waals surface area contributed by atoms with Gasteiger partial charge in [-0.2, -0.15) is 0 Å². The first-order valence-corrected chi connectivity index (χ1v) is 10.9. The molecule has 1 aromatic carbocycles. The minimum absolute atomic E-state index is 0.126. The van der Waals surface area contributed by atoms with Crippen molar-refractivity contribution in [3.8, 4) is 0 Å². The highest BCUT2D eigenvalue weighted by atomic mass is 28.3. The Balaban J connectivity index is 2.52. The Morgan fingerprint density at radius 2 is 1.54 bits per heavy atom. The van der Waals surface area contributed by atoms with Crippen LogP contribution < -0.4 is 0 Å². The van der Waals surface area contributed by atoms with E-state index in [1.165, 1.54) is 0 Å². The van der Waals surface area contributed by atoms with Gasteiger partial charge in [0.05, 0.1) is 17.7 Å². The Kier molecular flexibility index (Phi) is 9.04. The van der Waals surface area contributed by atoms with E-state index >= 15 is 0 Å². The van der Waals surface area contributed by atoms with E-state index in [0.29, 0.717) is 13.2 Å². The van der Waals surface area contributed by atoms with Crippen LogP contribution in [0.5, 0.6) is 0 Å². The van der Waals surface area contributed by atoms with Gasteiger partial charge in [0.2, 0.25) is 0 Å². The van der Waals surface area contributed by atoms with Gasteiger partial charge in [-0.05, 0) is 50.6 Å². The molecule has 1 rings (SSSR count). The molecule has 0 aromatic heterocycles. The van der Waals surface area contributed by atoms with Gasteiger partial charge in [-0.1, -0.05) is 18.7 Å². The lowest BCUT2D eigenvalue weighted by atomic mass is 10.1. The van der Waals surface area contributed by atoms with Gasteiger partial charge in [0.1, 0.15) is 6.61 Å². The summed E-state index contributed by atoms with van der Waals surface area (Å²) in [6.45, 7) is 10.8. The number of ether oxygens (including phenoxy) is 2. The van der Waals surface area contributed by atoms with Gasteiger partial charge in [-0.25, -0.2) is 9.59 Å². The first kappa shape index (κ1) is 20.1. The number of unbranched alkanes of at least 4 members (excludes halogenated alkanes) is 1. The highest BCUT2D eigenvalue weighted by Crippen LogP contribution is 2.13. The number of hydrogen-bond acceptors (Lipinski definition) is 5. The molecule has 0 aliphatic rings. The van der Waals surface area contributed by atoms with Crippen molar-refractivity contribution in [3.63, 3.8) is 0 Å². The van der Waals surface area contributed by atoms with Gasteiger partial charge in [0.25, 0.3) is 0 Å². The van der Waals surface area contributed by atoms with Crippen LogP contribution in [0.2, 0.25) is 13.1 Å². The number of hydrogen-bond donors (Lipinski definition) is 0. The second-order valence-corrected chi connectivity index (χ2v) is 8.27. The average molecular weight is 350 g/mol. The van der Waals surface area contributed by atoms with E-state index in [1.54, 1.807) is 31.2 Å². The number of benzene rings is 1. The maximum atomic E-state index is 12.2. The SMILES string of the molecule is C=C(C)COC(=O)c1ccccc1C(=O)OCCCCO[SiH](C)C. The molecular weight excluding hydrogens is 324 g/mol. The molecule has 1 aromatic rings. The largest absolute Gasteiger partial charge is 0.462 e. The molecule has 5 nitrogen and oxygen atoms in total. The molecule has 0 aliphatic heterocycles. The Morgan fingerprint density at radius 1 is 1.00 bits per heavy atom. The van der Waals surface area contributed by atoms with Crippen LogP contribution in [-0.2, 0) is 13.9 Å². The minimum atomic E-state index is -0.989. The molecule has 6 heteroatoms. The maximum absolute atomic E-state index is 12.2. The zero-order chi connectivity index (χ0) is 17.9. The van der Waals surface area contributed by atoms with Crippen LogP contribution in [0.1, 0.15) is 40.5 Å². The maximum Gasteiger partial charge on any atom is 0.339 e. The van der Waals surface area contributed by atoms with Crippen molar-refractivity contribution >= 4 is 21.0 Å². The van der Waals surface area contributed by atoms with Crippen molar-refractivity contribution in [2.45, 2.75) is 32.9 Å². The highest BCUT2D eigenvalue weighted by Gasteiger charge is 2.18. The third-order valence-electron chi connectivity index (χ3n) is 3.04. The minimum Gasteiger partial charge on any atom is -0.462 e. The van der Waals surface area contributed by atoms with E-state index < -0.39 is 21.0 Å². The zero-order valence-corrected chi connectivity index (χ0v) is 15.8. The molecule has 0 saturated heterocycles. The molecule has 0 heterocycles. The van der Waals surface area contributed by atoms with Gasteiger partial charge in [0, 0.05) is 6.61 Å². The predicted octanol–water partition coefficient (Wildman–Crippen LogP) is 3.36. The second-order valence-electron chi connectivity index (χ2n) is 5.84. The van der Waals surface area contributed by atoms with Crippen molar-refractivity contribution < 1.29 is 23.5 Å². The molecule has 24 heavy (non-hydrogen) atoms. The number of carbonyl (C=O) groups excluding carboxylic acids is 2. The molecule has 0 N–H and O–H groups in total. The van der Waals surface area contributed by atoms with Gasteiger partial charge < -0.3 is 13.9 Å². The lowest BCUT2D eigenvalue weighted by molar-refractivity contribution is 0.0465. The third-order valence-corrected chi connectivity index (χ3v) is 3.94. The Morgan fingerprint density at radius 3 is 2.08 bits per heavy atom. The summed E-state index contributed by atoms with van der Waals surface area (Å²) in [6, 6.07) is 6.49. The zero-order valence-electron chi connectivity index (χ0n) is 14.7. The molecule has 0 radical (unpaired) electrons. The van der Waals surface area contributed by atoms with E-state index in [9.17, 15) is 9.59 Å². The molecule has 0 fully saturated rings. The van der Waals surface area contributed by atoms with E-state index in [2.05, 4.69) is 19.7 Å². The summed E-state index contributed by atoms with van der Waals surface area (Å²) in [5.41, 5.74) is 1.16. The van der Waals surface area contributed by atoms with E-state index in [0.717, 1.165) is 18.4 Å². The fourth-order valence-electron chi connectivity index (χ4n) is 1.87. The monoisotopic (exact) mass is 350 g/mol. The molecule has 132 valence electrons. The molecule has 0 bridgehead atoms. The van der Waals surface area contributed by atoms with Crippen molar-refractivity contribution in [2.75, 3.05) is 19.8 Å². The normalized spacial score (nSPS) is 10.5. The molecule has 0 amide bonds. The van der Waals surface area contributed by atoms with Gasteiger partial charge in [0.15, 0.2) is 9.04 Å². The summed E-state index contributed by atoms with van der Waals surface area (Å²) in [7, 11) is -0.989. The van der Waals surface area contributed by atoms with E-state index in [1.807, 2.05) is 0 Å². The summed E-state index contributed by atoms with van der Waals surface area (Å²) in [6.07, 6.45) is 1.58. The van der Waals surface area contributed by atoms with Crippen LogP contribution in [0.15, 0.2) is 36.4 Å². The Labute approximate surface area is 145 Å². The topological polar surface area (TPSA) is 61.8 Å². The quantitative estimate of drug-likeness (QED) is 0.280. The number of carbonyl (C=O) groups is 2. The summed E-state index contributed by atoms with van der Waals surface area (Å²) >= 11 is 0. The lowest BCUT2D eigenvalue weighted by Crippen LogP contribution is -2.15. The standard InChI is InChI=1S/C18H26O5Si/c1-14(2)13-22-18(20)16-10-6-5-9-15(16)17(19)21-11-7-8-12-23-24(3)4/h5-6,9-10,24H,1,7-8,11-13H2,2-4H3. The van der Waals surface area contributed by atoms with Crippen LogP contribution in [0, 0.1) is 0 Å². The average Bonchev–Trinajstić information content (AvgIpc) is 2.55. The number of rotatable bonds is 10. The molecule has 0 atom stereocenters. The molecule has 0 aliphatic carbocycles. The fourth-order valence-corrected chi connectivity index (χ4v) is 2.51. The molecule has 0 saturated carbocycles. The molecular formula is C18H26O5Si. The highest BCUT2D eigenvalue weighted by molar-refractivity contribution is 6.48. The van der Waals surface area contributed by atoms with Crippen LogP contribution in [0.4, 0.5) is 0 Å². The van der Waals surface area contributed by atoms with Crippen LogP contribution >= 0.6 is 0 Å². The van der Waals surface area contributed by atoms with Gasteiger partial charge >= 0.3 is 11.9 Å². The lowest BCUT2D eigenvalue weighted by Gasteiger charge is -2.10. The van der Waals surface area contributed by atoms with Crippen molar-refractivity contribution in [3.05, 3.63) is 47.5 Å². The van der Waals surface area contributed by atoms with Crippen molar-refractivity contribution in [1.82, 2.24) is 0 Å². The molecule has 0 unspecified atom stereocenters. The second kappa shape index (κ2) is 10.8. The van der Waals surface area contributed by atoms with E-state index in [4.69, 9.17) is 13.9 Å². The Bertz CT molecular complexity index is 568. The van der Waals surface area contributed by atoms with E-state index in [-0.39, 0.29) is 17.7 Å². The van der Waals surface area contributed by atoms with Crippen LogP contribution in [-0.4, -0.2) is 40.8 Å². The third kappa shape index (κ3) is 7.57. The Hall–Kier alpha value is -1.92. The summed E-state index contributed by atoms with van der Waals surface area (Å²) in [4.78, 5) is 24.2. The predicted molar refractivity (Wildman–Crippen MR) is 95.9 cm³/mol.